The number of halogens is 1. The van der Waals surface area contributed by atoms with Gasteiger partial charge in [-0.15, -0.1) is 0 Å². The van der Waals surface area contributed by atoms with Crippen LogP contribution in [0.4, 0.5) is 5.69 Å². The van der Waals surface area contributed by atoms with E-state index < -0.39 is 23.7 Å². The maximum atomic E-state index is 13.0. The van der Waals surface area contributed by atoms with Gasteiger partial charge in [-0.3, -0.25) is 14.5 Å². The number of carboxylic acid groups (broad SMARTS) is 1. The van der Waals surface area contributed by atoms with Gasteiger partial charge in [0.25, 0.3) is 11.7 Å². The molecule has 1 aliphatic heterocycles. The highest BCUT2D eigenvalue weighted by molar-refractivity contribution is 9.10. The SMILES string of the molecule is O=C1C(=O)N(c2cccc(C(=O)O)c2)[C@H](c2ccccc2)/C1=C(\O)c1ccc(Br)cc1. The summed E-state index contributed by atoms with van der Waals surface area (Å²) >= 11 is 3.33. The van der Waals surface area contributed by atoms with Crippen molar-refractivity contribution in [3.8, 4) is 0 Å². The Morgan fingerprint density at radius 3 is 2.16 bits per heavy atom. The second-order valence-corrected chi connectivity index (χ2v) is 7.86. The summed E-state index contributed by atoms with van der Waals surface area (Å²) in [6.07, 6.45) is 0. The summed E-state index contributed by atoms with van der Waals surface area (Å²) in [5, 5.41) is 20.3. The smallest absolute Gasteiger partial charge is 0.335 e. The first-order chi connectivity index (χ1) is 14.9. The third kappa shape index (κ3) is 3.75. The quantitative estimate of drug-likeness (QED) is 0.320. The maximum Gasteiger partial charge on any atom is 0.335 e. The van der Waals surface area contributed by atoms with E-state index in [0.717, 1.165) is 4.47 Å². The Balaban J connectivity index is 1.94. The van der Waals surface area contributed by atoms with Crippen LogP contribution in [0.1, 0.15) is 27.5 Å². The van der Waals surface area contributed by atoms with E-state index in [9.17, 15) is 24.6 Å². The molecule has 3 aromatic carbocycles. The van der Waals surface area contributed by atoms with Gasteiger partial charge < -0.3 is 10.2 Å². The number of hydrogen-bond acceptors (Lipinski definition) is 4. The lowest BCUT2D eigenvalue weighted by Crippen LogP contribution is -2.29. The molecule has 1 saturated heterocycles. The molecular weight excluding hydrogens is 462 g/mol. The van der Waals surface area contributed by atoms with Crippen LogP contribution in [-0.2, 0) is 9.59 Å². The molecule has 0 saturated carbocycles. The Kier molecular flexibility index (Phi) is 5.44. The lowest BCUT2D eigenvalue weighted by Gasteiger charge is -2.25. The molecule has 154 valence electrons. The molecule has 0 aromatic heterocycles. The zero-order valence-electron chi connectivity index (χ0n) is 16.0. The summed E-state index contributed by atoms with van der Waals surface area (Å²) in [7, 11) is 0. The monoisotopic (exact) mass is 477 g/mol. The van der Waals surface area contributed by atoms with Gasteiger partial charge in [-0.05, 0) is 35.9 Å². The third-order valence-corrected chi connectivity index (χ3v) is 5.58. The molecule has 4 rings (SSSR count). The molecule has 2 N–H and O–H groups in total. The zero-order valence-corrected chi connectivity index (χ0v) is 17.6. The molecule has 31 heavy (non-hydrogen) atoms. The number of benzene rings is 3. The number of carboxylic acids is 1. The first-order valence-corrected chi connectivity index (χ1v) is 10.1. The van der Waals surface area contributed by atoms with Crippen molar-refractivity contribution in [1.82, 2.24) is 0 Å². The van der Waals surface area contributed by atoms with Gasteiger partial charge in [0.1, 0.15) is 5.76 Å². The van der Waals surface area contributed by atoms with Crippen molar-refractivity contribution < 1.29 is 24.6 Å². The van der Waals surface area contributed by atoms with E-state index in [1.54, 1.807) is 60.7 Å². The van der Waals surface area contributed by atoms with E-state index in [4.69, 9.17) is 0 Å². The third-order valence-electron chi connectivity index (χ3n) is 5.05. The molecule has 1 fully saturated rings. The number of Topliss-reactive ketones (excluding diaryl/α,β-unsaturated/α-hetero) is 1. The second kappa shape index (κ2) is 8.20. The Hall–Kier alpha value is -3.71. The van der Waals surface area contributed by atoms with E-state index >= 15 is 0 Å². The number of aromatic carboxylic acids is 1. The van der Waals surface area contributed by atoms with Gasteiger partial charge in [0.2, 0.25) is 0 Å². The molecule has 0 bridgehead atoms. The molecule has 1 aliphatic rings. The fraction of sp³-hybridized carbons (Fsp3) is 0.0417. The minimum atomic E-state index is -1.15. The molecule has 7 heteroatoms. The highest BCUT2D eigenvalue weighted by Crippen LogP contribution is 2.42. The number of hydrogen-bond donors (Lipinski definition) is 2. The summed E-state index contributed by atoms with van der Waals surface area (Å²) in [5.41, 5.74) is 1.19. The van der Waals surface area contributed by atoms with Crippen molar-refractivity contribution in [3.05, 3.63) is 106 Å². The number of aliphatic hydroxyl groups excluding tert-OH is 1. The van der Waals surface area contributed by atoms with Crippen molar-refractivity contribution in [3.63, 3.8) is 0 Å². The Labute approximate surface area is 186 Å². The Morgan fingerprint density at radius 1 is 0.839 bits per heavy atom. The highest BCUT2D eigenvalue weighted by Gasteiger charge is 2.47. The van der Waals surface area contributed by atoms with Crippen molar-refractivity contribution in [2.45, 2.75) is 6.04 Å². The molecule has 0 unspecified atom stereocenters. The van der Waals surface area contributed by atoms with Crippen LogP contribution >= 0.6 is 15.9 Å². The number of anilines is 1. The van der Waals surface area contributed by atoms with Crippen molar-refractivity contribution >= 4 is 45.0 Å². The highest BCUT2D eigenvalue weighted by atomic mass is 79.9. The number of carbonyl (C=O) groups is 3. The summed E-state index contributed by atoms with van der Waals surface area (Å²) in [6, 6.07) is 20.5. The van der Waals surface area contributed by atoms with E-state index in [-0.39, 0.29) is 22.6 Å². The minimum absolute atomic E-state index is 0.0147. The number of amides is 1. The normalized spacial score (nSPS) is 17.7. The van der Waals surface area contributed by atoms with E-state index in [0.29, 0.717) is 11.1 Å². The number of carbonyl (C=O) groups excluding carboxylic acids is 2. The number of nitrogens with zero attached hydrogens (tertiary/aromatic N) is 1. The van der Waals surface area contributed by atoms with Crippen LogP contribution in [0.15, 0.2) is 88.9 Å². The van der Waals surface area contributed by atoms with Crippen molar-refractivity contribution in [2.75, 3.05) is 4.90 Å². The molecule has 3 aromatic rings. The molecule has 1 amide bonds. The van der Waals surface area contributed by atoms with E-state index in [1.165, 1.54) is 23.1 Å². The molecule has 0 radical (unpaired) electrons. The molecular formula is C24H16BrNO5. The summed E-state index contributed by atoms with van der Waals surface area (Å²) in [4.78, 5) is 38.7. The van der Waals surface area contributed by atoms with Gasteiger partial charge in [0.05, 0.1) is 17.2 Å². The average Bonchev–Trinajstić information content (AvgIpc) is 3.05. The van der Waals surface area contributed by atoms with Gasteiger partial charge in [0, 0.05) is 15.7 Å². The Bertz CT molecular complexity index is 1220. The van der Waals surface area contributed by atoms with E-state index in [1.807, 2.05) is 0 Å². The van der Waals surface area contributed by atoms with Gasteiger partial charge in [-0.1, -0.05) is 64.5 Å². The van der Waals surface area contributed by atoms with Crippen LogP contribution in [0.3, 0.4) is 0 Å². The maximum absolute atomic E-state index is 13.0. The Morgan fingerprint density at radius 2 is 1.52 bits per heavy atom. The van der Waals surface area contributed by atoms with Gasteiger partial charge in [-0.25, -0.2) is 4.79 Å². The van der Waals surface area contributed by atoms with Crippen molar-refractivity contribution in [1.29, 1.82) is 0 Å². The minimum Gasteiger partial charge on any atom is -0.507 e. The molecule has 0 aliphatic carbocycles. The van der Waals surface area contributed by atoms with Crippen LogP contribution < -0.4 is 4.90 Å². The molecule has 0 spiro atoms. The lowest BCUT2D eigenvalue weighted by atomic mass is 9.95. The van der Waals surface area contributed by atoms with Crippen LogP contribution in [0.25, 0.3) is 5.76 Å². The molecule has 1 heterocycles. The largest absolute Gasteiger partial charge is 0.507 e. The first-order valence-electron chi connectivity index (χ1n) is 9.33. The van der Waals surface area contributed by atoms with E-state index in [2.05, 4.69) is 15.9 Å². The molecule has 1 atom stereocenters. The lowest BCUT2D eigenvalue weighted by molar-refractivity contribution is -0.132. The molecule has 6 nitrogen and oxygen atoms in total. The second-order valence-electron chi connectivity index (χ2n) is 6.94. The average molecular weight is 478 g/mol. The van der Waals surface area contributed by atoms with Crippen LogP contribution in [-0.4, -0.2) is 27.9 Å². The number of rotatable bonds is 4. The summed E-state index contributed by atoms with van der Waals surface area (Å²) in [5.74, 6) is -3.12. The van der Waals surface area contributed by atoms with Crippen LogP contribution in [0.5, 0.6) is 0 Å². The fourth-order valence-electron chi connectivity index (χ4n) is 3.60. The topological polar surface area (TPSA) is 94.9 Å². The fourth-order valence-corrected chi connectivity index (χ4v) is 3.87. The van der Waals surface area contributed by atoms with Crippen LogP contribution in [0.2, 0.25) is 0 Å². The van der Waals surface area contributed by atoms with Crippen LogP contribution in [0, 0.1) is 0 Å². The van der Waals surface area contributed by atoms with Crippen molar-refractivity contribution in [2.24, 2.45) is 0 Å². The summed E-state index contributed by atoms with van der Waals surface area (Å²) in [6.45, 7) is 0. The standard InChI is InChI=1S/C24H16BrNO5/c25-17-11-9-15(10-12-17)21(27)19-20(14-5-2-1-3-6-14)26(23(29)22(19)28)18-8-4-7-16(13-18)24(30)31/h1-13,20,27H,(H,30,31)/b21-19+/t20-/m1/s1. The van der Waals surface area contributed by atoms with Gasteiger partial charge in [-0.2, -0.15) is 0 Å². The number of aliphatic hydroxyl groups is 1. The predicted molar refractivity (Wildman–Crippen MR) is 119 cm³/mol. The van der Waals surface area contributed by atoms with Gasteiger partial charge in [0.15, 0.2) is 0 Å². The zero-order chi connectivity index (χ0) is 22.1. The summed E-state index contributed by atoms with van der Waals surface area (Å²) < 4.78 is 0.801. The number of ketones is 1. The first kappa shape index (κ1) is 20.6. The van der Waals surface area contributed by atoms with Gasteiger partial charge >= 0.3 is 5.97 Å². The predicted octanol–water partition coefficient (Wildman–Crippen LogP) is 4.77.